The fourth-order valence-corrected chi connectivity index (χ4v) is 2.75. The first-order valence-electron chi connectivity index (χ1n) is 7.16. The molecular weight excluding hydrogens is 268 g/mol. The third kappa shape index (κ3) is 2.51. The summed E-state index contributed by atoms with van der Waals surface area (Å²) in [6, 6.07) is 7.08. The quantitative estimate of drug-likeness (QED) is 0.943. The number of carbonyl (C=O) groups excluding carboxylic acids is 2. The third-order valence-corrected chi connectivity index (χ3v) is 3.88. The van der Waals surface area contributed by atoms with Crippen LogP contribution in [0.4, 0.5) is 5.69 Å². The molecule has 1 aliphatic heterocycles. The number of rotatable bonds is 3. The number of aryl methyl sites for hydroxylation is 1. The van der Waals surface area contributed by atoms with Gasteiger partial charge in [0.05, 0.1) is 5.69 Å². The lowest BCUT2D eigenvalue weighted by atomic mass is 10.2. The molecule has 1 aromatic carbocycles. The third-order valence-electron chi connectivity index (χ3n) is 3.88. The average Bonchev–Trinajstić information content (AvgIpc) is 3.03. The molecule has 1 N–H and O–H groups in total. The standard InChI is InChI=1S/C16H18N2O3/c1-10-9-12-5-3-6-13(15(12)21-10)17-16(20)11(2)18-8-4-7-14(18)19/h3,5-6,9,11H,4,7-8H2,1-2H3,(H,17,20). The number of furan rings is 1. The largest absolute Gasteiger partial charge is 0.459 e. The van der Waals surface area contributed by atoms with Gasteiger partial charge in [0, 0.05) is 18.4 Å². The Morgan fingerprint density at radius 3 is 2.95 bits per heavy atom. The van der Waals surface area contributed by atoms with Crippen molar-refractivity contribution in [1.29, 1.82) is 0 Å². The SMILES string of the molecule is Cc1cc2cccc(NC(=O)C(C)N3CCCC3=O)c2o1. The molecule has 0 saturated carbocycles. The molecule has 2 amide bonds. The zero-order valence-corrected chi connectivity index (χ0v) is 12.2. The minimum absolute atomic E-state index is 0.0460. The van der Waals surface area contributed by atoms with Crippen molar-refractivity contribution >= 4 is 28.5 Å². The highest BCUT2D eigenvalue weighted by molar-refractivity contribution is 6.02. The number of nitrogens with one attached hydrogen (secondary N) is 1. The molecule has 1 aliphatic rings. The zero-order chi connectivity index (χ0) is 15.0. The van der Waals surface area contributed by atoms with Crippen molar-refractivity contribution in [3.05, 3.63) is 30.0 Å². The zero-order valence-electron chi connectivity index (χ0n) is 12.2. The summed E-state index contributed by atoms with van der Waals surface area (Å²) in [5.74, 6) is 0.658. The minimum atomic E-state index is -0.466. The van der Waals surface area contributed by atoms with Crippen LogP contribution in [0, 0.1) is 6.92 Å². The number of likely N-dealkylation sites (tertiary alicyclic amines) is 1. The Morgan fingerprint density at radius 1 is 1.43 bits per heavy atom. The Kier molecular flexibility index (Phi) is 3.41. The molecule has 1 atom stereocenters. The van der Waals surface area contributed by atoms with E-state index in [2.05, 4.69) is 5.32 Å². The van der Waals surface area contributed by atoms with E-state index in [0.717, 1.165) is 17.6 Å². The molecule has 1 saturated heterocycles. The molecule has 1 aromatic heterocycles. The molecule has 0 spiro atoms. The van der Waals surface area contributed by atoms with Crippen molar-refractivity contribution in [1.82, 2.24) is 4.90 Å². The van der Waals surface area contributed by atoms with Crippen molar-refractivity contribution in [2.45, 2.75) is 32.7 Å². The Bertz CT molecular complexity index is 705. The van der Waals surface area contributed by atoms with E-state index in [1.807, 2.05) is 31.2 Å². The maximum Gasteiger partial charge on any atom is 0.246 e. The van der Waals surface area contributed by atoms with Gasteiger partial charge in [0.1, 0.15) is 11.8 Å². The van der Waals surface area contributed by atoms with Gasteiger partial charge >= 0.3 is 0 Å². The number of fused-ring (bicyclic) bond motifs is 1. The summed E-state index contributed by atoms with van der Waals surface area (Å²) < 4.78 is 5.63. The Hall–Kier alpha value is -2.30. The lowest BCUT2D eigenvalue weighted by Crippen LogP contribution is -2.42. The molecule has 3 rings (SSSR count). The summed E-state index contributed by atoms with van der Waals surface area (Å²) in [6.07, 6.45) is 1.36. The minimum Gasteiger partial charge on any atom is -0.459 e. The van der Waals surface area contributed by atoms with E-state index in [-0.39, 0.29) is 11.8 Å². The van der Waals surface area contributed by atoms with Gasteiger partial charge in [-0.15, -0.1) is 0 Å². The predicted molar refractivity (Wildman–Crippen MR) is 80.0 cm³/mol. The average molecular weight is 286 g/mol. The van der Waals surface area contributed by atoms with E-state index in [1.54, 1.807) is 11.8 Å². The van der Waals surface area contributed by atoms with Crippen molar-refractivity contribution in [3.63, 3.8) is 0 Å². The highest BCUT2D eigenvalue weighted by Crippen LogP contribution is 2.27. The predicted octanol–water partition coefficient (Wildman–Crippen LogP) is 2.69. The maximum absolute atomic E-state index is 12.3. The smallest absolute Gasteiger partial charge is 0.246 e. The first-order valence-corrected chi connectivity index (χ1v) is 7.16. The summed E-state index contributed by atoms with van der Waals surface area (Å²) in [7, 11) is 0. The van der Waals surface area contributed by atoms with Crippen LogP contribution in [0.25, 0.3) is 11.0 Å². The molecule has 0 aliphatic carbocycles. The van der Waals surface area contributed by atoms with E-state index in [0.29, 0.717) is 24.2 Å². The van der Waals surface area contributed by atoms with Gasteiger partial charge in [0.2, 0.25) is 11.8 Å². The van der Waals surface area contributed by atoms with Gasteiger partial charge < -0.3 is 14.6 Å². The highest BCUT2D eigenvalue weighted by atomic mass is 16.3. The Balaban J connectivity index is 1.81. The van der Waals surface area contributed by atoms with E-state index < -0.39 is 6.04 Å². The first kappa shape index (κ1) is 13.7. The van der Waals surface area contributed by atoms with Gasteiger partial charge in [0.25, 0.3) is 0 Å². The number of carbonyl (C=O) groups is 2. The van der Waals surface area contributed by atoms with Crippen LogP contribution in [0.15, 0.2) is 28.7 Å². The summed E-state index contributed by atoms with van der Waals surface area (Å²) >= 11 is 0. The molecule has 110 valence electrons. The van der Waals surface area contributed by atoms with Crippen LogP contribution in [0.3, 0.4) is 0 Å². The van der Waals surface area contributed by atoms with Crippen molar-refractivity contribution < 1.29 is 14.0 Å². The lowest BCUT2D eigenvalue weighted by Gasteiger charge is -2.23. The van der Waals surface area contributed by atoms with Crippen LogP contribution in [0.1, 0.15) is 25.5 Å². The second kappa shape index (κ2) is 5.24. The van der Waals surface area contributed by atoms with Crippen LogP contribution in [-0.4, -0.2) is 29.3 Å². The van der Waals surface area contributed by atoms with Crippen LogP contribution < -0.4 is 5.32 Å². The topological polar surface area (TPSA) is 62.6 Å². The van der Waals surface area contributed by atoms with E-state index >= 15 is 0 Å². The molecule has 5 heteroatoms. The molecule has 0 bridgehead atoms. The van der Waals surface area contributed by atoms with Crippen LogP contribution >= 0.6 is 0 Å². The van der Waals surface area contributed by atoms with E-state index in [4.69, 9.17) is 4.42 Å². The molecular formula is C16H18N2O3. The fraction of sp³-hybridized carbons (Fsp3) is 0.375. The maximum atomic E-state index is 12.3. The molecule has 0 radical (unpaired) electrons. The Morgan fingerprint density at radius 2 is 2.24 bits per heavy atom. The number of para-hydroxylation sites is 1. The van der Waals surface area contributed by atoms with Gasteiger partial charge in [-0.05, 0) is 32.4 Å². The van der Waals surface area contributed by atoms with Crippen molar-refractivity contribution in [3.8, 4) is 0 Å². The van der Waals surface area contributed by atoms with E-state index in [1.165, 1.54) is 0 Å². The highest BCUT2D eigenvalue weighted by Gasteiger charge is 2.29. The normalized spacial score (nSPS) is 16.5. The van der Waals surface area contributed by atoms with E-state index in [9.17, 15) is 9.59 Å². The van der Waals surface area contributed by atoms with Gasteiger partial charge in [-0.25, -0.2) is 0 Å². The summed E-state index contributed by atoms with van der Waals surface area (Å²) in [6.45, 7) is 4.28. The number of hydrogen-bond acceptors (Lipinski definition) is 3. The number of amides is 2. The summed E-state index contributed by atoms with van der Waals surface area (Å²) in [4.78, 5) is 25.7. The van der Waals surface area contributed by atoms with Gasteiger partial charge in [-0.3, -0.25) is 9.59 Å². The number of anilines is 1. The van der Waals surface area contributed by atoms with Crippen LogP contribution in [0.2, 0.25) is 0 Å². The van der Waals surface area contributed by atoms with Gasteiger partial charge in [-0.1, -0.05) is 12.1 Å². The fourth-order valence-electron chi connectivity index (χ4n) is 2.75. The lowest BCUT2D eigenvalue weighted by molar-refractivity contribution is -0.134. The van der Waals surface area contributed by atoms with Crippen molar-refractivity contribution in [2.75, 3.05) is 11.9 Å². The molecule has 1 unspecified atom stereocenters. The number of hydrogen-bond donors (Lipinski definition) is 1. The van der Waals surface area contributed by atoms with Gasteiger partial charge in [0.15, 0.2) is 5.58 Å². The first-order chi connectivity index (χ1) is 10.1. The molecule has 21 heavy (non-hydrogen) atoms. The van der Waals surface area contributed by atoms with Crippen molar-refractivity contribution in [2.24, 2.45) is 0 Å². The molecule has 5 nitrogen and oxygen atoms in total. The molecule has 2 heterocycles. The number of benzene rings is 1. The monoisotopic (exact) mass is 286 g/mol. The summed E-state index contributed by atoms with van der Waals surface area (Å²) in [5, 5.41) is 3.82. The molecule has 1 fully saturated rings. The molecule has 2 aromatic rings. The number of nitrogens with zero attached hydrogens (tertiary/aromatic N) is 1. The van der Waals surface area contributed by atoms with Gasteiger partial charge in [-0.2, -0.15) is 0 Å². The second-order valence-electron chi connectivity index (χ2n) is 5.44. The second-order valence-corrected chi connectivity index (χ2v) is 5.44. The van der Waals surface area contributed by atoms with Crippen LogP contribution in [-0.2, 0) is 9.59 Å². The van der Waals surface area contributed by atoms with Crippen LogP contribution in [0.5, 0.6) is 0 Å². The Labute approximate surface area is 122 Å². The summed E-state index contributed by atoms with van der Waals surface area (Å²) in [5.41, 5.74) is 1.31.